The number of aryl methyl sites for hydroxylation is 1. The van der Waals surface area contributed by atoms with Gasteiger partial charge in [0, 0.05) is 44.0 Å². The molecule has 0 radical (unpaired) electrons. The van der Waals surface area contributed by atoms with Gasteiger partial charge in [-0.3, -0.25) is 0 Å². The van der Waals surface area contributed by atoms with Gasteiger partial charge in [-0.15, -0.1) is 0 Å². The first-order valence-corrected chi connectivity index (χ1v) is 21.8. The van der Waals surface area contributed by atoms with E-state index in [9.17, 15) is 0 Å². The maximum Gasteiger partial charge on any atom is 0.143 e. The van der Waals surface area contributed by atoms with E-state index in [1.807, 2.05) is 18.2 Å². The second-order valence-corrected chi connectivity index (χ2v) is 17.5. The highest BCUT2D eigenvalue weighted by atomic mass is 16.3. The first kappa shape index (κ1) is 36.4. The van der Waals surface area contributed by atoms with Crippen LogP contribution in [0.15, 0.2) is 209 Å². The number of rotatable bonds is 8. The van der Waals surface area contributed by atoms with Gasteiger partial charge in [0.15, 0.2) is 0 Å². The maximum atomic E-state index is 6.44. The van der Waals surface area contributed by atoms with E-state index in [0.717, 1.165) is 79.0 Å². The van der Waals surface area contributed by atoms with Gasteiger partial charge in [0.2, 0.25) is 0 Å². The minimum atomic E-state index is -0.0591. The predicted molar refractivity (Wildman–Crippen MR) is 258 cm³/mol. The van der Waals surface area contributed by atoms with Crippen LogP contribution >= 0.6 is 0 Å². The van der Waals surface area contributed by atoms with Crippen LogP contribution in [0.25, 0.3) is 88.4 Å². The maximum absolute atomic E-state index is 6.44. The molecule has 0 fully saturated rings. The highest BCUT2D eigenvalue weighted by molar-refractivity contribution is 6.10. The van der Waals surface area contributed by atoms with Gasteiger partial charge in [-0.05, 0) is 86.2 Å². The van der Waals surface area contributed by atoms with E-state index >= 15 is 0 Å². The minimum Gasteiger partial charge on any atom is -0.455 e. The highest BCUT2D eigenvalue weighted by Crippen LogP contribution is 2.50. The molecule has 2 heterocycles. The number of para-hydroxylation sites is 4. The largest absolute Gasteiger partial charge is 0.455 e. The molecule has 0 amide bonds. The number of fused-ring (bicyclic) bond motifs is 9. The van der Waals surface area contributed by atoms with E-state index in [0.29, 0.717) is 0 Å². The monoisotopic (exact) mass is 796 g/mol. The molecule has 1 unspecified atom stereocenters. The molecule has 2 aromatic heterocycles. The first-order valence-electron chi connectivity index (χ1n) is 21.8. The Hall–Kier alpha value is -7.42. The molecule has 1 aliphatic carbocycles. The summed E-state index contributed by atoms with van der Waals surface area (Å²) in [6.45, 7) is 4.75. The SMILES string of the molecule is CC1(C)c2ccccc2-c2ccc(C(CCc3ccc(-c4ccc(-c5cccc6c5oc5ccccc56)cc4)cc3)c3ccc(-c4cccc5c4oc4ccccc45)cc3)cc21. The van der Waals surface area contributed by atoms with Crippen molar-refractivity contribution in [2.75, 3.05) is 0 Å². The Kier molecular flexibility index (Phi) is 8.44. The van der Waals surface area contributed by atoms with Crippen molar-refractivity contribution in [3.05, 3.63) is 228 Å². The van der Waals surface area contributed by atoms with Crippen molar-refractivity contribution in [3.8, 4) is 44.5 Å². The van der Waals surface area contributed by atoms with Gasteiger partial charge in [-0.2, -0.15) is 0 Å². The summed E-state index contributed by atoms with van der Waals surface area (Å²) in [4.78, 5) is 0. The second-order valence-electron chi connectivity index (χ2n) is 17.5. The smallest absolute Gasteiger partial charge is 0.143 e. The third-order valence-corrected chi connectivity index (χ3v) is 13.6. The lowest BCUT2D eigenvalue weighted by Gasteiger charge is -2.24. The van der Waals surface area contributed by atoms with Crippen LogP contribution in [0.4, 0.5) is 0 Å². The van der Waals surface area contributed by atoms with Crippen LogP contribution in [-0.2, 0) is 11.8 Å². The Balaban J connectivity index is 0.842. The number of hydrogen-bond donors (Lipinski definition) is 0. The lowest BCUT2D eigenvalue weighted by Crippen LogP contribution is -2.15. The van der Waals surface area contributed by atoms with Crippen LogP contribution in [0.5, 0.6) is 0 Å². The molecule has 0 bridgehead atoms. The van der Waals surface area contributed by atoms with Crippen molar-refractivity contribution >= 4 is 43.9 Å². The molecule has 0 N–H and O–H groups in total. The van der Waals surface area contributed by atoms with E-state index in [1.165, 1.54) is 50.1 Å². The molecule has 0 aliphatic heterocycles. The van der Waals surface area contributed by atoms with Crippen LogP contribution in [0.1, 0.15) is 54.0 Å². The molecular formula is C60H44O2. The van der Waals surface area contributed by atoms with Gasteiger partial charge in [0.25, 0.3) is 0 Å². The quantitative estimate of drug-likeness (QED) is 0.153. The molecular weight excluding hydrogens is 753 g/mol. The average molecular weight is 797 g/mol. The van der Waals surface area contributed by atoms with Crippen molar-refractivity contribution in [2.45, 2.75) is 38.0 Å². The van der Waals surface area contributed by atoms with E-state index in [-0.39, 0.29) is 11.3 Å². The fourth-order valence-corrected chi connectivity index (χ4v) is 10.3. The zero-order valence-electron chi connectivity index (χ0n) is 34.9. The summed E-state index contributed by atoms with van der Waals surface area (Å²) < 4.78 is 12.8. The molecule has 1 atom stereocenters. The summed E-state index contributed by atoms with van der Waals surface area (Å²) in [5.74, 6) is 0.222. The van der Waals surface area contributed by atoms with Gasteiger partial charge in [0.1, 0.15) is 22.3 Å². The third-order valence-electron chi connectivity index (χ3n) is 13.6. The zero-order chi connectivity index (χ0) is 41.4. The molecule has 62 heavy (non-hydrogen) atoms. The van der Waals surface area contributed by atoms with Gasteiger partial charge in [-0.1, -0.05) is 202 Å². The van der Waals surface area contributed by atoms with Crippen molar-refractivity contribution in [3.63, 3.8) is 0 Å². The Labute approximate surface area is 361 Å². The lowest BCUT2D eigenvalue weighted by atomic mass is 9.79. The lowest BCUT2D eigenvalue weighted by molar-refractivity contribution is 0.654. The fraction of sp³-hybridized carbons (Fsp3) is 0.100. The molecule has 9 aromatic carbocycles. The van der Waals surface area contributed by atoms with Gasteiger partial charge < -0.3 is 8.83 Å². The van der Waals surface area contributed by atoms with Crippen LogP contribution in [0.3, 0.4) is 0 Å². The summed E-state index contributed by atoms with van der Waals surface area (Å²) in [5.41, 5.74) is 20.2. The van der Waals surface area contributed by atoms with Gasteiger partial charge >= 0.3 is 0 Å². The van der Waals surface area contributed by atoms with Crippen LogP contribution < -0.4 is 0 Å². The molecule has 1 aliphatic rings. The normalized spacial score (nSPS) is 13.5. The van der Waals surface area contributed by atoms with Crippen molar-refractivity contribution in [1.82, 2.24) is 0 Å². The molecule has 2 nitrogen and oxygen atoms in total. The Morgan fingerprint density at radius 1 is 0.387 bits per heavy atom. The molecule has 11 aromatic rings. The Bertz CT molecular complexity index is 3470. The summed E-state index contributed by atoms with van der Waals surface area (Å²) in [6, 6.07) is 73.0. The molecule has 12 rings (SSSR count). The number of hydrogen-bond acceptors (Lipinski definition) is 2. The van der Waals surface area contributed by atoms with Gasteiger partial charge in [-0.25, -0.2) is 0 Å². The average Bonchev–Trinajstić information content (AvgIpc) is 3.97. The van der Waals surface area contributed by atoms with E-state index in [2.05, 4.69) is 196 Å². The first-order chi connectivity index (χ1) is 30.5. The molecule has 296 valence electrons. The summed E-state index contributed by atoms with van der Waals surface area (Å²) in [6.07, 6.45) is 1.96. The van der Waals surface area contributed by atoms with Crippen molar-refractivity contribution in [1.29, 1.82) is 0 Å². The number of furan rings is 2. The zero-order valence-corrected chi connectivity index (χ0v) is 34.9. The summed E-state index contributed by atoms with van der Waals surface area (Å²) >= 11 is 0. The number of benzene rings is 9. The molecule has 0 saturated heterocycles. The summed E-state index contributed by atoms with van der Waals surface area (Å²) in [5, 5.41) is 4.61. The second kappa shape index (κ2) is 14.4. The minimum absolute atomic E-state index is 0.0591. The van der Waals surface area contributed by atoms with Crippen LogP contribution in [0.2, 0.25) is 0 Å². The Morgan fingerprint density at radius 3 is 1.48 bits per heavy atom. The van der Waals surface area contributed by atoms with Crippen molar-refractivity contribution < 1.29 is 8.83 Å². The topological polar surface area (TPSA) is 26.3 Å². The molecule has 0 saturated carbocycles. The molecule has 0 spiro atoms. The molecule has 2 heteroatoms. The van der Waals surface area contributed by atoms with Crippen molar-refractivity contribution in [2.24, 2.45) is 0 Å². The fourth-order valence-electron chi connectivity index (χ4n) is 10.3. The summed E-state index contributed by atoms with van der Waals surface area (Å²) in [7, 11) is 0. The van der Waals surface area contributed by atoms with E-state index in [4.69, 9.17) is 8.83 Å². The van der Waals surface area contributed by atoms with Crippen LogP contribution in [-0.4, -0.2) is 0 Å². The van der Waals surface area contributed by atoms with E-state index in [1.54, 1.807) is 0 Å². The highest BCUT2D eigenvalue weighted by Gasteiger charge is 2.35. The Morgan fingerprint density at radius 2 is 0.855 bits per heavy atom. The standard InChI is InChI=1S/C60H44O2/c1-60(2)54-18-6-3-11-48(54)49-36-34-44(37-55(49)60)45(41-30-32-43(33-31-41)47-15-10-17-53-51-13-5-8-20-57(51)62-59(47)53)35-23-38-21-24-39(25-22-38)40-26-28-42(29-27-40)46-14-9-16-52-50-12-4-7-19-56(50)61-58(46)52/h3-22,24-34,36-37,45H,23,35H2,1-2H3. The van der Waals surface area contributed by atoms with E-state index < -0.39 is 0 Å². The van der Waals surface area contributed by atoms with Crippen LogP contribution in [0, 0.1) is 0 Å². The predicted octanol–water partition coefficient (Wildman–Crippen LogP) is 16.6. The van der Waals surface area contributed by atoms with Gasteiger partial charge in [0.05, 0.1) is 0 Å². The third kappa shape index (κ3) is 5.93.